The summed E-state index contributed by atoms with van der Waals surface area (Å²) in [6.45, 7) is 5.07. The predicted molar refractivity (Wildman–Crippen MR) is 96.1 cm³/mol. The molecule has 0 saturated carbocycles. The van der Waals surface area contributed by atoms with Gasteiger partial charge in [0.05, 0.1) is 10.5 Å². The molecule has 0 aliphatic carbocycles. The quantitative estimate of drug-likeness (QED) is 0.378. The Kier molecular flexibility index (Phi) is 4.98. The highest BCUT2D eigenvalue weighted by Gasteiger charge is 2.23. The summed E-state index contributed by atoms with van der Waals surface area (Å²) in [4.78, 5) is 22.9. The van der Waals surface area contributed by atoms with Crippen molar-refractivity contribution in [2.24, 2.45) is 0 Å². The van der Waals surface area contributed by atoms with Crippen LogP contribution in [0, 0.1) is 24.0 Å². The molecule has 0 amide bonds. The zero-order valence-electron chi connectivity index (χ0n) is 15.0. The largest absolute Gasteiger partial charge is 0.449 e. The van der Waals surface area contributed by atoms with Crippen molar-refractivity contribution in [2.45, 2.75) is 26.9 Å². The zero-order chi connectivity index (χ0) is 19.6. The van der Waals surface area contributed by atoms with E-state index in [9.17, 15) is 14.9 Å². The molecular weight excluding hydrogens is 350 g/mol. The number of hydrogen-bond acceptors (Lipinski definition) is 7. The van der Waals surface area contributed by atoms with Crippen molar-refractivity contribution in [1.29, 1.82) is 0 Å². The number of nitro groups is 1. The third-order valence-electron chi connectivity index (χ3n) is 4.09. The van der Waals surface area contributed by atoms with Crippen LogP contribution in [0.15, 0.2) is 46.9 Å². The molecule has 27 heavy (non-hydrogen) atoms. The van der Waals surface area contributed by atoms with E-state index in [1.807, 2.05) is 31.2 Å². The summed E-state index contributed by atoms with van der Waals surface area (Å²) < 4.78 is 10.9. The Bertz CT molecular complexity index is 995. The van der Waals surface area contributed by atoms with Gasteiger partial charge >= 0.3 is 5.97 Å². The molecule has 138 valence electrons. The fraction of sp³-hybridized carbons (Fsp3) is 0.211. The molecule has 1 atom stereocenters. The van der Waals surface area contributed by atoms with E-state index in [1.54, 1.807) is 6.92 Å². The van der Waals surface area contributed by atoms with Crippen LogP contribution >= 0.6 is 0 Å². The molecule has 0 N–H and O–H groups in total. The fourth-order valence-electron chi connectivity index (χ4n) is 2.53. The molecule has 0 saturated heterocycles. The minimum absolute atomic E-state index is 0.120. The second-order valence-electron chi connectivity index (χ2n) is 6.07. The number of aryl methyl sites for hydroxylation is 1. The van der Waals surface area contributed by atoms with Crippen molar-refractivity contribution in [3.63, 3.8) is 0 Å². The van der Waals surface area contributed by atoms with E-state index < -0.39 is 17.0 Å². The maximum atomic E-state index is 12.4. The highest BCUT2D eigenvalue weighted by molar-refractivity contribution is 5.92. The molecule has 0 aliphatic heterocycles. The van der Waals surface area contributed by atoms with Gasteiger partial charge in [0.1, 0.15) is 0 Å². The molecule has 8 heteroatoms. The Morgan fingerprint density at radius 1 is 1.15 bits per heavy atom. The van der Waals surface area contributed by atoms with E-state index in [4.69, 9.17) is 9.15 Å². The van der Waals surface area contributed by atoms with Crippen LogP contribution in [0.1, 0.15) is 40.4 Å². The Morgan fingerprint density at radius 2 is 1.85 bits per heavy atom. The number of benzene rings is 2. The molecule has 3 rings (SSSR count). The van der Waals surface area contributed by atoms with E-state index in [2.05, 4.69) is 10.2 Å². The maximum absolute atomic E-state index is 12.4. The van der Waals surface area contributed by atoms with Crippen LogP contribution < -0.4 is 0 Å². The molecule has 3 aromatic rings. The summed E-state index contributed by atoms with van der Waals surface area (Å²) in [5, 5.41) is 18.9. The number of carbonyl (C=O) groups excluding carboxylic acids is 1. The van der Waals surface area contributed by atoms with Gasteiger partial charge in [0.2, 0.25) is 5.89 Å². The standard InChI is InChI=1S/C19H17N3O5/c1-11-7-9-14(10-8-11)18-21-20-17(27-18)13(3)26-19(23)15-5-4-6-16(12(15)2)22(24)25/h4-10,13H,1-3H3/t13-/m1/s1. The lowest BCUT2D eigenvalue weighted by Gasteiger charge is -2.11. The number of rotatable bonds is 5. The van der Waals surface area contributed by atoms with Crippen molar-refractivity contribution in [3.05, 3.63) is 75.2 Å². The van der Waals surface area contributed by atoms with Gasteiger partial charge in [-0.2, -0.15) is 0 Å². The first kappa shape index (κ1) is 18.2. The lowest BCUT2D eigenvalue weighted by atomic mass is 10.1. The van der Waals surface area contributed by atoms with Crippen LogP contribution in [-0.4, -0.2) is 21.1 Å². The van der Waals surface area contributed by atoms with Gasteiger partial charge in [-0.05, 0) is 39.0 Å². The van der Waals surface area contributed by atoms with E-state index >= 15 is 0 Å². The number of nitrogens with zero attached hydrogens (tertiary/aromatic N) is 3. The zero-order valence-corrected chi connectivity index (χ0v) is 15.0. The first-order valence-corrected chi connectivity index (χ1v) is 8.22. The van der Waals surface area contributed by atoms with Gasteiger partial charge in [-0.3, -0.25) is 10.1 Å². The van der Waals surface area contributed by atoms with Gasteiger partial charge in [-0.25, -0.2) is 4.79 Å². The fourth-order valence-corrected chi connectivity index (χ4v) is 2.53. The molecule has 1 heterocycles. The molecule has 0 unspecified atom stereocenters. The minimum Gasteiger partial charge on any atom is -0.449 e. The van der Waals surface area contributed by atoms with Crippen LogP contribution in [0.2, 0.25) is 0 Å². The van der Waals surface area contributed by atoms with E-state index in [0.717, 1.165) is 11.1 Å². The minimum atomic E-state index is -0.803. The summed E-state index contributed by atoms with van der Waals surface area (Å²) in [5.74, 6) is -0.236. The second kappa shape index (κ2) is 7.36. The highest BCUT2D eigenvalue weighted by atomic mass is 16.6. The molecule has 0 aliphatic rings. The van der Waals surface area contributed by atoms with Crippen molar-refractivity contribution in [2.75, 3.05) is 0 Å². The lowest BCUT2D eigenvalue weighted by molar-refractivity contribution is -0.385. The van der Waals surface area contributed by atoms with Gasteiger partial charge in [0, 0.05) is 17.2 Å². The van der Waals surface area contributed by atoms with Crippen LogP contribution in [0.5, 0.6) is 0 Å². The normalized spacial score (nSPS) is 11.8. The van der Waals surface area contributed by atoms with Gasteiger partial charge in [-0.1, -0.05) is 23.8 Å². The Balaban J connectivity index is 1.77. The Hall–Kier alpha value is -3.55. The molecule has 8 nitrogen and oxygen atoms in total. The average molecular weight is 367 g/mol. The number of esters is 1. The molecule has 0 radical (unpaired) electrons. The predicted octanol–water partition coefficient (Wildman–Crippen LogP) is 4.18. The first-order chi connectivity index (χ1) is 12.9. The summed E-state index contributed by atoms with van der Waals surface area (Å²) in [6.07, 6.45) is -0.803. The maximum Gasteiger partial charge on any atom is 0.339 e. The lowest BCUT2D eigenvalue weighted by Crippen LogP contribution is -2.11. The van der Waals surface area contributed by atoms with Gasteiger partial charge in [0.15, 0.2) is 6.10 Å². The van der Waals surface area contributed by atoms with Gasteiger partial charge in [0.25, 0.3) is 11.6 Å². The molecule has 1 aromatic heterocycles. The molecule has 0 bridgehead atoms. The molecule has 0 spiro atoms. The van der Waals surface area contributed by atoms with Crippen molar-refractivity contribution in [3.8, 4) is 11.5 Å². The topological polar surface area (TPSA) is 108 Å². The number of aromatic nitrogens is 2. The summed E-state index contributed by atoms with van der Waals surface area (Å²) in [6, 6.07) is 11.8. The Labute approximate surface area is 155 Å². The summed E-state index contributed by atoms with van der Waals surface area (Å²) in [5.41, 5.74) is 2.08. The SMILES string of the molecule is Cc1ccc(-c2nnc([C@@H](C)OC(=O)c3cccc([N+](=O)[O-])c3C)o2)cc1. The number of hydrogen-bond donors (Lipinski definition) is 0. The van der Waals surface area contributed by atoms with E-state index in [0.29, 0.717) is 5.89 Å². The molecular formula is C19H17N3O5. The van der Waals surface area contributed by atoms with E-state index in [1.165, 1.54) is 25.1 Å². The first-order valence-electron chi connectivity index (χ1n) is 8.22. The van der Waals surface area contributed by atoms with Crippen molar-refractivity contribution in [1.82, 2.24) is 10.2 Å². The van der Waals surface area contributed by atoms with Crippen LogP contribution in [0.3, 0.4) is 0 Å². The molecule has 0 fully saturated rings. The van der Waals surface area contributed by atoms with E-state index in [-0.39, 0.29) is 22.7 Å². The second-order valence-corrected chi connectivity index (χ2v) is 6.07. The third kappa shape index (κ3) is 3.84. The smallest absolute Gasteiger partial charge is 0.339 e. The average Bonchev–Trinajstić information content (AvgIpc) is 3.12. The Morgan fingerprint density at radius 3 is 2.52 bits per heavy atom. The van der Waals surface area contributed by atoms with Crippen LogP contribution in [0.25, 0.3) is 11.5 Å². The van der Waals surface area contributed by atoms with Gasteiger partial charge in [-0.15, -0.1) is 10.2 Å². The molecule has 2 aromatic carbocycles. The number of ether oxygens (including phenoxy) is 1. The third-order valence-corrected chi connectivity index (χ3v) is 4.09. The summed E-state index contributed by atoms with van der Waals surface area (Å²) in [7, 11) is 0. The van der Waals surface area contributed by atoms with Crippen LogP contribution in [-0.2, 0) is 4.74 Å². The van der Waals surface area contributed by atoms with Crippen molar-refractivity contribution >= 4 is 11.7 Å². The number of nitro benzene ring substituents is 1. The number of carbonyl (C=O) groups is 1. The highest BCUT2D eigenvalue weighted by Crippen LogP contribution is 2.26. The summed E-state index contributed by atoms with van der Waals surface area (Å²) >= 11 is 0. The monoisotopic (exact) mass is 367 g/mol. The van der Waals surface area contributed by atoms with Crippen molar-refractivity contribution < 1.29 is 18.9 Å². The van der Waals surface area contributed by atoms with Gasteiger partial charge < -0.3 is 9.15 Å². The van der Waals surface area contributed by atoms with Crippen LogP contribution in [0.4, 0.5) is 5.69 Å².